The summed E-state index contributed by atoms with van der Waals surface area (Å²) in [5.74, 6) is 0. The Labute approximate surface area is 101 Å². The first-order valence-corrected chi connectivity index (χ1v) is 6.76. The van der Waals surface area contributed by atoms with Gasteiger partial charge in [-0.25, -0.2) is 4.98 Å². The summed E-state index contributed by atoms with van der Waals surface area (Å²) in [6.45, 7) is 2.80. The Kier molecular flexibility index (Phi) is 3.62. The Morgan fingerprint density at radius 3 is 2.88 bits per heavy atom. The van der Waals surface area contributed by atoms with Gasteiger partial charge in [0.15, 0.2) is 0 Å². The van der Waals surface area contributed by atoms with E-state index in [0.29, 0.717) is 0 Å². The predicted molar refractivity (Wildman–Crippen MR) is 66.9 cm³/mol. The molecule has 4 heteroatoms. The van der Waals surface area contributed by atoms with Gasteiger partial charge in [-0.15, -0.1) is 11.3 Å². The maximum absolute atomic E-state index is 5.88. The number of thiazole rings is 1. The van der Waals surface area contributed by atoms with E-state index in [1.807, 2.05) is 0 Å². The highest BCUT2D eigenvalue weighted by atomic mass is 32.1. The Balaban J connectivity index is 2.07. The first-order chi connectivity index (χ1) is 7.70. The van der Waals surface area contributed by atoms with Crippen molar-refractivity contribution in [2.24, 2.45) is 5.73 Å². The van der Waals surface area contributed by atoms with Gasteiger partial charge >= 0.3 is 0 Å². The van der Waals surface area contributed by atoms with Gasteiger partial charge in [0.05, 0.1) is 16.8 Å². The lowest BCUT2D eigenvalue weighted by Gasteiger charge is -2.39. The van der Waals surface area contributed by atoms with Crippen LogP contribution in [0, 0.1) is 0 Å². The van der Waals surface area contributed by atoms with E-state index in [0.717, 1.165) is 13.0 Å². The molecule has 1 heterocycles. The summed E-state index contributed by atoms with van der Waals surface area (Å²) in [7, 11) is 1.74. The molecule has 90 valence electrons. The molecule has 1 fully saturated rings. The molecule has 3 nitrogen and oxygen atoms in total. The van der Waals surface area contributed by atoms with Crippen molar-refractivity contribution < 1.29 is 4.74 Å². The van der Waals surface area contributed by atoms with Crippen molar-refractivity contribution in [1.29, 1.82) is 0 Å². The molecular weight excluding hydrogens is 220 g/mol. The first-order valence-electron chi connectivity index (χ1n) is 5.88. The van der Waals surface area contributed by atoms with Gasteiger partial charge in [0.1, 0.15) is 0 Å². The van der Waals surface area contributed by atoms with E-state index in [1.54, 1.807) is 18.4 Å². The third kappa shape index (κ3) is 2.14. The number of nitrogens with zero attached hydrogens (tertiary/aromatic N) is 1. The standard InChI is InChI=1S/C12H20N2OS/c1-9(15-2)6-11-14-10(7-16-11)12(8-13)4-3-5-12/h7,9H,3-6,8,13H2,1-2H3. The van der Waals surface area contributed by atoms with Gasteiger partial charge in [-0.2, -0.15) is 0 Å². The fourth-order valence-electron chi connectivity index (χ4n) is 2.15. The van der Waals surface area contributed by atoms with Crippen LogP contribution in [-0.2, 0) is 16.6 Å². The van der Waals surface area contributed by atoms with E-state index in [1.165, 1.54) is 30.0 Å². The summed E-state index contributed by atoms with van der Waals surface area (Å²) in [6.07, 6.45) is 4.84. The van der Waals surface area contributed by atoms with Crippen LogP contribution in [0.3, 0.4) is 0 Å². The van der Waals surface area contributed by atoms with Crippen LogP contribution in [0.5, 0.6) is 0 Å². The van der Waals surface area contributed by atoms with Gasteiger partial charge in [0.25, 0.3) is 0 Å². The van der Waals surface area contributed by atoms with Gasteiger partial charge in [0.2, 0.25) is 0 Å². The Bertz CT molecular complexity index is 341. The maximum Gasteiger partial charge on any atom is 0.0954 e. The van der Waals surface area contributed by atoms with Gasteiger partial charge in [0, 0.05) is 30.9 Å². The molecule has 0 radical (unpaired) electrons. The zero-order valence-electron chi connectivity index (χ0n) is 10.0. The van der Waals surface area contributed by atoms with Gasteiger partial charge in [-0.3, -0.25) is 0 Å². The molecule has 16 heavy (non-hydrogen) atoms. The van der Waals surface area contributed by atoms with E-state index in [9.17, 15) is 0 Å². The molecule has 2 N–H and O–H groups in total. The lowest BCUT2D eigenvalue weighted by molar-refractivity contribution is 0.118. The average Bonchev–Trinajstić information content (AvgIpc) is 2.66. The molecule has 0 saturated heterocycles. The fraction of sp³-hybridized carbons (Fsp3) is 0.750. The van der Waals surface area contributed by atoms with Crippen molar-refractivity contribution in [2.75, 3.05) is 13.7 Å². The molecule has 2 rings (SSSR count). The average molecular weight is 240 g/mol. The van der Waals surface area contributed by atoms with Crippen LogP contribution < -0.4 is 5.73 Å². The molecule has 0 aliphatic heterocycles. The van der Waals surface area contributed by atoms with Crippen molar-refractivity contribution >= 4 is 11.3 Å². The SMILES string of the molecule is COC(C)Cc1nc(C2(CN)CCC2)cs1. The molecule has 1 aliphatic rings. The van der Waals surface area contributed by atoms with Crippen LogP contribution in [-0.4, -0.2) is 24.7 Å². The summed E-state index contributed by atoms with van der Waals surface area (Å²) in [5.41, 5.74) is 7.29. The molecule has 0 aromatic carbocycles. The topological polar surface area (TPSA) is 48.1 Å². The minimum absolute atomic E-state index is 0.199. The van der Waals surface area contributed by atoms with Crippen molar-refractivity contribution in [3.8, 4) is 0 Å². The Morgan fingerprint density at radius 2 is 2.38 bits per heavy atom. The number of nitrogens with two attached hydrogens (primary N) is 1. The molecule has 1 unspecified atom stereocenters. The molecule has 0 spiro atoms. The van der Waals surface area contributed by atoms with Crippen molar-refractivity contribution in [3.05, 3.63) is 16.1 Å². The number of hydrogen-bond donors (Lipinski definition) is 1. The highest BCUT2D eigenvalue weighted by molar-refractivity contribution is 7.09. The number of ether oxygens (including phenoxy) is 1. The van der Waals surface area contributed by atoms with Crippen LogP contribution in [0.25, 0.3) is 0 Å². The molecule has 1 aromatic heterocycles. The Hall–Kier alpha value is -0.450. The lowest BCUT2D eigenvalue weighted by atomic mass is 9.67. The van der Waals surface area contributed by atoms with Gasteiger partial charge in [-0.05, 0) is 19.8 Å². The zero-order valence-corrected chi connectivity index (χ0v) is 10.8. The van der Waals surface area contributed by atoms with Crippen molar-refractivity contribution in [3.63, 3.8) is 0 Å². The second-order valence-electron chi connectivity index (χ2n) is 4.71. The van der Waals surface area contributed by atoms with Crippen LogP contribution in [0.1, 0.15) is 36.9 Å². The van der Waals surface area contributed by atoms with Crippen molar-refractivity contribution in [1.82, 2.24) is 4.98 Å². The third-order valence-electron chi connectivity index (χ3n) is 3.66. The van der Waals surface area contributed by atoms with E-state index >= 15 is 0 Å². The maximum atomic E-state index is 5.88. The van der Waals surface area contributed by atoms with Gasteiger partial charge in [-0.1, -0.05) is 6.42 Å². The molecule has 1 aliphatic carbocycles. The number of aromatic nitrogens is 1. The summed E-state index contributed by atoms with van der Waals surface area (Å²) in [4.78, 5) is 4.72. The van der Waals surface area contributed by atoms with E-state index in [2.05, 4.69) is 12.3 Å². The molecule has 0 bridgehead atoms. The Morgan fingerprint density at radius 1 is 1.62 bits per heavy atom. The van der Waals surface area contributed by atoms with E-state index in [4.69, 9.17) is 15.5 Å². The highest BCUT2D eigenvalue weighted by Gasteiger charge is 2.39. The molecule has 1 aromatic rings. The first kappa shape index (κ1) is 12.0. The van der Waals surface area contributed by atoms with E-state index in [-0.39, 0.29) is 11.5 Å². The number of rotatable bonds is 5. The highest BCUT2D eigenvalue weighted by Crippen LogP contribution is 2.42. The lowest BCUT2D eigenvalue weighted by Crippen LogP contribution is -2.41. The largest absolute Gasteiger partial charge is 0.381 e. The quantitative estimate of drug-likeness (QED) is 0.857. The van der Waals surface area contributed by atoms with Crippen LogP contribution in [0.2, 0.25) is 0 Å². The van der Waals surface area contributed by atoms with E-state index < -0.39 is 0 Å². The van der Waals surface area contributed by atoms with Crippen LogP contribution in [0.15, 0.2) is 5.38 Å². The molecule has 1 saturated carbocycles. The molecule has 0 amide bonds. The monoisotopic (exact) mass is 240 g/mol. The fourth-order valence-corrected chi connectivity index (χ4v) is 3.18. The second kappa shape index (κ2) is 4.82. The number of methoxy groups -OCH3 is 1. The second-order valence-corrected chi connectivity index (χ2v) is 5.66. The minimum Gasteiger partial charge on any atom is -0.381 e. The smallest absolute Gasteiger partial charge is 0.0954 e. The summed E-state index contributed by atoms with van der Waals surface area (Å²) >= 11 is 1.74. The summed E-state index contributed by atoms with van der Waals surface area (Å²) < 4.78 is 5.26. The number of hydrogen-bond acceptors (Lipinski definition) is 4. The van der Waals surface area contributed by atoms with Crippen LogP contribution in [0.4, 0.5) is 0 Å². The zero-order chi connectivity index (χ0) is 11.6. The minimum atomic E-state index is 0.199. The van der Waals surface area contributed by atoms with Crippen molar-refractivity contribution in [2.45, 2.75) is 44.1 Å². The molecule has 1 atom stereocenters. The third-order valence-corrected chi connectivity index (χ3v) is 4.53. The normalized spacial score (nSPS) is 20.4. The van der Waals surface area contributed by atoms with Crippen LogP contribution >= 0.6 is 11.3 Å². The molecular formula is C12H20N2OS. The predicted octanol–water partition coefficient (Wildman–Crippen LogP) is 2.10. The van der Waals surface area contributed by atoms with Gasteiger partial charge < -0.3 is 10.5 Å². The summed E-state index contributed by atoms with van der Waals surface area (Å²) in [5, 5.41) is 3.35. The summed E-state index contributed by atoms with van der Waals surface area (Å²) in [6, 6.07) is 0.